The van der Waals surface area contributed by atoms with E-state index in [1.54, 1.807) is 0 Å². The molecule has 0 aromatic heterocycles. The Morgan fingerprint density at radius 3 is 2.64 bits per heavy atom. The average Bonchev–Trinajstić information content (AvgIpc) is 2.69. The van der Waals surface area contributed by atoms with E-state index in [-0.39, 0.29) is 21.4 Å². The van der Waals surface area contributed by atoms with Crippen molar-refractivity contribution in [2.24, 2.45) is 0 Å². The van der Waals surface area contributed by atoms with Crippen LogP contribution in [0.1, 0.15) is 10.4 Å². The van der Waals surface area contributed by atoms with Gasteiger partial charge in [-0.2, -0.15) is 0 Å². The van der Waals surface area contributed by atoms with Crippen molar-refractivity contribution in [2.45, 2.75) is 0 Å². The Labute approximate surface area is 171 Å². The summed E-state index contributed by atoms with van der Waals surface area (Å²) in [5.74, 6) is -0.630. The first kappa shape index (κ1) is 20.0. The number of hydrogen-bond donors (Lipinski definition) is 2. The Hall–Kier alpha value is -2.75. The maximum Gasteiger partial charge on any atom is 0.270 e. The third-order valence-electron chi connectivity index (χ3n) is 4.14. The first-order chi connectivity index (χ1) is 13.5. The van der Waals surface area contributed by atoms with Gasteiger partial charge < -0.3 is 15.0 Å². The van der Waals surface area contributed by atoms with E-state index in [0.717, 1.165) is 30.5 Å². The van der Waals surface area contributed by atoms with Crippen molar-refractivity contribution in [3.05, 3.63) is 63.2 Å². The van der Waals surface area contributed by atoms with Crippen molar-refractivity contribution in [1.82, 2.24) is 5.32 Å². The molecule has 0 radical (unpaired) electrons. The van der Waals surface area contributed by atoms with Crippen LogP contribution in [0, 0.1) is 10.1 Å². The summed E-state index contributed by atoms with van der Waals surface area (Å²) in [4.78, 5) is 24.9. The van der Waals surface area contributed by atoms with Crippen LogP contribution in [0.4, 0.5) is 17.1 Å². The zero-order valence-corrected chi connectivity index (χ0v) is 16.3. The minimum absolute atomic E-state index is 0.0264. The molecule has 1 heterocycles. The standard InChI is InChI=1S/C18H17ClN4O4S/c19-14-6-5-12(23(25)26)11-13(14)17(24)21-18(28)20-15-3-1-2-4-16(15)22-7-9-27-10-8-22/h1-6,11H,7-10H2,(H2,20,21,24,28). The van der Waals surface area contributed by atoms with Gasteiger partial charge in [-0.25, -0.2) is 0 Å². The first-order valence-electron chi connectivity index (χ1n) is 8.43. The molecule has 10 heteroatoms. The molecular weight excluding hydrogens is 404 g/mol. The molecular formula is C18H17ClN4O4S. The van der Waals surface area contributed by atoms with Crippen LogP contribution in [-0.2, 0) is 4.74 Å². The third-order valence-corrected chi connectivity index (χ3v) is 4.67. The second-order valence-electron chi connectivity index (χ2n) is 5.95. The summed E-state index contributed by atoms with van der Waals surface area (Å²) in [6.45, 7) is 2.78. The number of hydrogen-bond acceptors (Lipinski definition) is 6. The van der Waals surface area contributed by atoms with Crippen molar-refractivity contribution in [3.63, 3.8) is 0 Å². The summed E-state index contributed by atoms with van der Waals surface area (Å²) in [5, 5.41) is 16.6. The lowest BCUT2D eigenvalue weighted by molar-refractivity contribution is -0.384. The maximum atomic E-state index is 12.5. The highest BCUT2D eigenvalue weighted by Crippen LogP contribution is 2.26. The second kappa shape index (κ2) is 8.96. The van der Waals surface area contributed by atoms with E-state index in [0.29, 0.717) is 13.2 Å². The van der Waals surface area contributed by atoms with Gasteiger partial charge in [0.25, 0.3) is 11.6 Å². The van der Waals surface area contributed by atoms with Crippen LogP contribution < -0.4 is 15.5 Å². The number of thiocarbonyl (C=S) groups is 1. The van der Waals surface area contributed by atoms with Gasteiger partial charge in [0.2, 0.25) is 0 Å². The molecule has 1 aliphatic rings. The number of rotatable bonds is 4. The Balaban J connectivity index is 1.72. The molecule has 146 valence electrons. The lowest BCUT2D eigenvalue weighted by Gasteiger charge is -2.30. The van der Waals surface area contributed by atoms with E-state index in [1.165, 1.54) is 12.1 Å². The molecule has 1 amide bonds. The quantitative estimate of drug-likeness (QED) is 0.445. The number of carbonyl (C=O) groups excluding carboxylic acids is 1. The molecule has 8 nitrogen and oxygen atoms in total. The van der Waals surface area contributed by atoms with Gasteiger partial charge in [0, 0.05) is 25.2 Å². The number of para-hydroxylation sites is 2. The summed E-state index contributed by atoms with van der Waals surface area (Å²) in [7, 11) is 0. The topological polar surface area (TPSA) is 96.7 Å². The van der Waals surface area contributed by atoms with Crippen molar-refractivity contribution in [1.29, 1.82) is 0 Å². The summed E-state index contributed by atoms with van der Waals surface area (Å²) in [5.41, 5.74) is 1.42. The smallest absolute Gasteiger partial charge is 0.270 e. The number of amides is 1. The number of nitrogens with one attached hydrogen (secondary N) is 2. The summed E-state index contributed by atoms with van der Waals surface area (Å²) >= 11 is 11.2. The van der Waals surface area contributed by atoms with E-state index in [2.05, 4.69) is 15.5 Å². The van der Waals surface area contributed by atoms with Gasteiger partial charge in [0.1, 0.15) is 0 Å². The van der Waals surface area contributed by atoms with Crippen molar-refractivity contribution >= 4 is 51.9 Å². The van der Waals surface area contributed by atoms with Gasteiger partial charge in [0.15, 0.2) is 5.11 Å². The molecule has 28 heavy (non-hydrogen) atoms. The lowest BCUT2D eigenvalue weighted by atomic mass is 10.2. The summed E-state index contributed by atoms with van der Waals surface area (Å²) < 4.78 is 5.38. The number of nitrogens with zero attached hydrogens (tertiary/aromatic N) is 2. The predicted octanol–water partition coefficient (Wildman–Crippen LogP) is 3.21. The number of morpholine rings is 1. The van der Waals surface area contributed by atoms with Crippen LogP contribution in [0.25, 0.3) is 0 Å². The fourth-order valence-corrected chi connectivity index (χ4v) is 3.19. The number of halogens is 1. The van der Waals surface area contributed by atoms with Crippen LogP contribution in [-0.4, -0.2) is 42.2 Å². The van der Waals surface area contributed by atoms with Crippen molar-refractivity contribution in [3.8, 4) is 0 Å². The maximum absolute atomic E-state index is 12.5. The van der Waals surface area contributed by atoms with Gasteiger partial charge in [-0.1, -0.05) is 23.7 Å². The average molecular weight is 421 g/mol. The number of carbonyl (C=O) groups is 1. The molecule has 2 aromatic rings. The number of ether oxygens (including phenoxy) is 1. The summed E-state index contributed by atoms with van der Waals surface area (Å²) in [6.07, 6.45) is 0. The van der Waals surface area contributed by atoms with Gasteiger partial charge in [-0.15, -0.1) is 0 Å². The molecule has 2 N–H and O–H groups in total. The Kier molecular flexibility index (Phi) is 6.40. The van der Waals surface area contributed by atoms with Gasteiger partial charge >= 0.3 is 0 Å². The zero-order valence-electron chi connectivity index (χ0n) is 14.7. The molecule has 1 saturated heterocycles. The highest BCUT2D eigenvalue weighted by atomic mass is 35.5. The molecule has 2 aromatic carbocycles. The molecule has 0 bridgehead atoms. The number of non-ortho nitro benzene ring substituents is 1. The molecule has 0 aliphatic carbocycles. The molecule has 1 aliphatic heterocycles. The molecule has 1 fully saturated rings. The Morgan fingerprint density at radius 2 is 1.93 bits per heavy atom. The van der Waals surface area contributed by atoms with Crippen LogP contribution in [0.3, 0.4) is 0 Å². The van der Waals surface area contributed by atoms with E-state index in [9.17, 15) is 14.9 Å². The monoisotopic (exact) mass is 420 g/mol. The molecule has 0 unspecified atom stereocenters. The first-order valence-corrected chi connectivity index (χ1v) is 9.22. The molecule has 0 atom stereocenters. The van der Waals surface area contributed by atoms with Crippen molar-refractivity contribution < 1.29 is 14.5 Å². The summed E-state index contributed by atoms with van der Waals surface area (Å²) in [6, 6.07) is 11.2. The predicted molar refractivity (Wildman–Crippen MR) is 111 cm³/mol. The number of nitro benzene ring substituents is 1. The molecule has 3 rings (SSSR count). The van der Waals surface area contributed by atoms with Gasteiger partial charge in [-0.3, -0.25) is 20.2 Å². The third kappa shape index (κ3) is 4.75. The Bertz CT molecular complexity index is 918. The zero-order chi connectivity index (χ0) is 20.1. The minimum Gasteiger partial charge on any atom is -0.378 e. The number of nitro groups is 1. The Morgan fingerprint density at radius 1 is 1.21 bits per heavy atom. The van der Waals surface area contributed by atoms with Crippen LogP contribution >= 0.6 is 23.8 Å². The number of anilines is 2. The largest absolute Gasteiger partial charge is 0.378 e. The highest BCUT2D eigenvalue weighted by Gasteiger charge is 2.18. The highest BCUT2D eigenvalue weighted by molar-refractivity contribution is 7.80. The van der Waals surface area contributed by atoms with Gasteiger partial charge in [-0.05, 0) is 30.4 Å². The van der Waals surface area contributed by atoms with Gasteiger partial charge in [0.05, 0.1) is 40.1 Å². The van der Waals surface area contributed by atoms with E-state index < -0.39 is 10.8 Å². The fraction of sp³-hybridized carbons (Fsp3) is 0.222. The van der Waals surface area contributed by atoms with E-state index in [1.807, 2.05) is 24.3 Å². The van der Waals surface area contributed by atoms with Crippen LogP contribution in [0.15, 0.2) is 42.5 Å². The van der Waals surface area contributed by atoms with E-state index >= 15 is 0 Å². The lowest BCUT2D eigenvalue weighted by Crippen LogP contribution is -2.38. The second-order valence-corrected chi connectivity index (χ2v) is 6.76. The molecule has 0 saturated carbocycles. The SMILES string of the molecule is O=C(NC(=S)Nc1ccccc1N1CCOCC1)c1cc([N+](=O)[O-])ccc1Cl. The fourth-order valence-electron chi connectivity index (χ4n) is 2.78. The van der Waals surface area contributed by atoms with Crippen molar-refractivity contribution in [2.75, 3.05) is 36.5 Å². The van der Waals surface area contributed by atoms with Crippen LogP contribution in [0.2, 0.25) is 5.02 Å². The number of benzene rings is 2. The van der Waals surface area contributed by atoms with Crippen LogP contribution in [0.5, 0.6) is 0 Å². The van der Waals surface area contributed by atoms with E-state index in [4.69, 9.17) is 28.6 Å². The molecule has 0 spiro atoms. The normalized spacial score (nSPS) is 13.7. The minimum atomic E-state index is -0.630.